The Morgan fingerprint density at radius 2 is 2.12 bits per heavy atom. The molecular formula is C19H26N4O2. The third kappa shape index (κ3) is 4.25. The van der Waals surface area contributed by atoms with Gasteiger partial charge in [0.2, 0.25) is 11.8 Å². The largest absolute Gasteiger partial charge is 0.341 e. The Kier molecular flexibility index (Phi) is 5.48. The lowest BCUT2D eigenvalue weighted by atomic mass is 9.95. The molecule has 6 heteroatoms. The number of likely N-dealkylation sites (tertiary alicyclic amines) is 1. The van der Waals surface area contributed by atoms with Gasteiger partial charge < -0.3 is 9.42 Å². The number of carbonyl (C=O) groups is 1. The fourth-order valence-corrected chi connectivity index (χ4v) is 3.41. The molecule has 3 rings (SSSR count). The summed E-state index contributed by atoms with van der Waals surface area (Å²) >= 11 is 0. The Bertz CT molecular complexity index is 698. The number of aryl methyl sites for hydroxylation is 1. The second-order valence-electron chi connectivity index (χ2n) is 6.96. The molecule has 0 radical (unpaired) electrons. The van der Waals surface area contributed by atoms with Gasteiger partial charge in [-0.3, -0.25) is 9.69 Å². The Balaban J connectivity index is 1.70. The molecule has 25 heavy (non-hydrogen) atoms. The van der Waals surface area contributed by atoms with E-state index in [0.29, 0.717) is 12.4 Å². The van der Waals surface area contributed by atoms with E-state index in [0.717, 1.165) is 31.6 Å². The van der Waals surface area contributed by atoms with Crippen molar-refractivity contribution in [2.45, 2.75) is 38.1 Å². The molecule has 1 aliphatic rings. The van der Waals surface area contributed by atoms with E-state index in [1.54, 1.807) is 6.92 Å². The number of benzene rings is 1. The highest BCUT2D eigenvalue weighted by Crippen LogP contribution is 2.26. The van der Waals surface area contributed by atoms with Crippen molar-refractivity contribution in [2.24, 2.45) is 0 Å². The number of hydrogen-bond donors (Lipinski definition) is 0. The van der Waals surface area contributed by atoms with Gasteiger partial charge in [0, 0.05) is 25.9 Å². The molecule has 0 N–H and O–H groups in total. The molecule has 1 aromatic carbocycles. The van der Waals surface area contributed by atoms with E-state index < -0.39 is 0 Å². The summed E-state index contributed by atoms with van der Waals surface area (Å²) in [5.74, 6) is 1.64. The highest BCUT2D eigenvalue weighted by molar-refractivity contribution is 5.82. The van der Waals surface area contributed by atoms with E-state index in [2.05, 4.69) is 22.3 Å². The molecule has 6 nitrogen and oxygen atoms in total. The maximum Gasteiger partial charge on any atom is 0.240 e. The molecule has 0 saturated carbocycles. The van der Waals surface area contributed by atoms with E-state index in [-0.39, 0.29) is 17.9 Å². The molecule has 2 atom stereocenters. The summed E-state index contributed by atoms with van der Waals surface area (Å²) in [6.45, 7) is 3.26. The van der Waals surface area contributed by atoms with E-state index in [4.69, 9.17) is 4.52 Å². The third-order valence-corrected chi connectivity index (χ3v) is 4.82. The maximum atomic E-state index is 13.1. The predicted octanol–water partition coefficient (Wildman–Crippen LogP) is 2.26. The van der Waals surface area contributed by atoms with Crippen molar-refractivity contribution in [2.75, 3.05) is 27.2 Å². The number of nitrogens with zero attached hydrogens (tertiary/aromatic N) is 4. The predicted molar refractivity (Wildman–Crippen MR) is 95.2 cm³/mol. The molecule has 1 fully saturated rings. The zero-order valence-corrected chi connectivity index (χ0v) is 15.2. The number of likely N-dealkylation sites (N-methyl/N-ethyl adjacent to an activating group) is 1. The van der Waals surface area contributed by atoms with Gasteiger partial charge in [0.15, 0.2) is 5.82 Å². The van der Waals surface area contributed by atoms with Crippen LogP contribution in [0.15, 0.2) is 34.9 Å². The number of amides is 1. The van der Waals surface area contributed by atoms with Gasteiger partial charge in [-0.05, 0) is 38.9 Å². The van der Waals surface area contributed by atoms with Gasteiger partial charge in [0.05, 0.1) is 6.04 Å². The second-order valence-corrected chi connectivity index (χ2v) is 6.96. The quantitative estimate of drug-likeness (QED) is 0.834. The number of hydrogen-bond acceptors (Lipinski definition) is 5. The van der Waals surface area contributed by atoms with Crippen LogP contribution in [0.2, 0.25) is 0 Å². The van der Waals surface area contributed by atoms with E-state index in [1.165, 1.54) is 5.56 Å². The van der Waals surface area contributed by atoms with Crippen molar-refractivity contribution < 1.29 is 9.32 Å². The van der Waals surface area contributed by atoms with Crippen molar-refractivity contribution in [1.29, 1.82) is 0 Å². The highest BCUT2D eigenvalue weighted by atomic mass is 16.5. The number of piperidine rings is 1. The lowest BCUT2D eigenvalue weighted by Crippen LogP contribution is -2.50. The first-order valence-electron chi connectivity index (χ1n) is 8.84. The Labute approximate surface area is 148 Å². The molecule has 2 unspecified atom stereocenters. The number of carbonyl (C=O) groups excluding carboxylic acids is 1. The van der Waals surface area contributed by atoms with Gasteiger partial charge in [0.25, 0.3) is 0 Å². The molecule has 1 amide bonds. The molecule has 0 bridgehead atoms. The van der Waals surface area contributed by atoms with Crippen LogP contribution in [-0.2, 0) is 11.2 Å². The lowest BCUT2D eigenvalue weighted by Gasteiger charge is -2.35. The molecule has 2 heterocycles. The van der Waals surface area contributed by atoms with Crippen LogP contribution in [0.1, 0.15) is 36.0 Å². The van der Waals surface area contributed by atoms with Crippen LogP contribution >= 0.6 is 0 Å². The zero-order valence-electron chi connectivity index (χ0n) is 15.2. The van der Waals surface area contributed by atoms with Crippen molar-refractivity contribution in [3.05, 3.63) is 47.6 Å². The standard InChI is InChI=1S/C19H26N4O2/c1-14-20-18(21-25-14)16-10-7-11-23(13-16)19(24)17(22(2)3)12-15-8-5-4-6-9-15/h4-6,8-9,16-17H,7,10-13H2,1-3H3. The molecule has 0 spiro atoms. The van der Waals surface area contributed by atoms with Gasteiger partial charge in [0.1, 0.15) is 0 Å². The molecule has 134 valence electrons. The van der Waals surface area contributed by atoms with Crippen molar-refractivity contribution in [3.8, 4) is 0 Å². The maximum absolute atomic E-state index is 13.1. The average Bonchev–Trinajstić information content (AvgIpc) is 3.06. The summed E-state index contributed by atoms with van der Waals surface area (Å²) in [6, 6.07) is 10.0. The zero-order chi connectivity index (χ0) is 17.8. The highest BCUT2D eigenvalue weighted by Gasteiger charge is 2.32. The van der Waals surface area contributed by atoms with Gasteiger partial charge in [-0.15, -0.1) is 0 Å². The molecular weight excluding hydrogens is 316 g/mol. The van der Waals surface area contributed by atoms with Gasteiger partial charge in [-0.1, -0.05) is 35.5 Å². The molecule has 1 aliphatic heterocycles. The second kappa shape index (κ2) is 7.78. The van der Waals surface area contributed by atoms with Crippen LogP contribution in [-0.4, -0.2) is 59.1 Å². The van der Waals surface area contributed by atoms with E-state index >= 15 is 0 Å². The van der Waals surface area contributed by atoms with Crippen LogP contribution in [0.25, 0.3) is 0 Å². The molecule has 1 saturated heterocycles. The SMILES string of the molecule is Cc1nc(C2CCCN(C(=O)C(Cc3ccccc3)N(C)C)C2)no1. The fourth-order valence-electron chi connectivity index (χ4n) is 3.41. The molecule has 1 aromatic heterocycles. The Morgan fingerprint density at radius 3 is 2.76 bits per heavy atom. The summed E-state index contributed by atoms with van der Waals surface area (Å²) in [5.41, 5.74) is 1.18. The van der Waals surface area contributed by atoms with Crippen LogP contribution < -0.4 is 0 Å². The Morgan fingerprint density at radius 1 is 1.36 bits per heavy atom. The van der Waals surface area contributed by atoms with Gasteiger partial charge in [-0.2, -0.15) is 4.98 Å². The normalized spacial score (nSPS) is 19.2. The Hall–Kier alpha value is -2.21. The van der Waals surface area contributed by atoms with E-state index in [9.17, 15) is 4.79 Å². The molecule has 0 aliphatic carbocycles. The monoisotopic (exact) mass is 342 g/mol. The summed E-state index contributed by atoms with van der Waals surface area (Å²) in [5, 5.41) is 4.05. The first-order valence-corrected chi connectivity index (χ1v) is 8.84. The number of aromatic nitrogens is 2. The molecule has 2 aromatic rings. The summed E-state index contributed by atoms with van der Waals surface area (Å²) < 4.78 is 5.11. The minimum absolute atomic E-state index is 0.159. The van der Waals surface area contributed by atoms with Crippen LogP contribution in [0.5, 0.6) is 0 Å². The minimum Gasteiger partial charge on any atom is -0.341 e. The van der Waals surface area contributed by atoms with Gasteiger partial charge in [-0.25, -0.2) is 0 Å². The average molecular weight is 342 g/mol. The minimum atomic E-state index is -0.159. The van der Waals surface area contributed by atoms with Gasteiger partial charge >= 0.3 is 0 Å². The first kappa shape index (κ1) is 17.6. The van der Waals surface area contributed by atoms with Crippen LogP contribution in [0.4, 0.5) is 0 Å². The van der Waals surface area contributed by atoms with Crippen LogP contribution in [0, 0.1) is 6.92 Å². The smallest absolute Gasteiger partial charge is 0.240 e. The fraction of sp³-hybridized carbons (Fsp3) is 0.526. The van der Waals surface area contributed by atoms with Crippen molar-refractivity contribution in [3.63, 3.8) is 0 Å². The topological polar surface area (TPSA) is 62.5 Å². The van der Waals surface area contributed by atoms with Crippen LogP contribution in [0.3, 0.4) is 0 Å². The summed E-state index contributed by atoms with van der Waals surface area (Å²) in [6.07, 6.45) is 2.68. The summed E-state index contributed by atoms with van der Waals surface area (Å²) in [7, 11) is 3.94. The lowest BCUT2D eigenvalue weighted by molar-refractivity contribution is -0.137. The number of rotatable bonds is 5. The third-order valence-electron chi connectivity index (χ3n) is 4.82. The first-order chi connectivity index (χ1) is 12.0. The van der Waals surface area contributed by atoms with E-state index in [1.807, 2.05) is 42.1 Å². The summed E-state index contributed by atoms with van der Waals surface area (Å²) in [4.78, 5) is 21.5. The van der Waals surface area contributed by atoms with Crippen molar-refractivity contribution in [1.82, 2.24) is 19.9 Å². The van der Waals surface area contributed by atoms with Crippen molar-refractivity contribution >= 4 is 5.91 Å².